The number of anilines is 1. The first-order chi connectivity index (χ1) is 11.9. The average molecular weight is 365 g/mol. The zero-order valence-corrected chi connectivity index (χ0v) is 16.3. The van der Waals surface area contributed by atoms with Crippen LogP contribution in [0.2, 0.25) is 0 Å². The van der Waals surface area contributed by atoms with Crippen molar-refractivity contribution in [1.82, 2.24) is 5.32 Å². The summed E-state index contributed by atoms with van der Waals surface area (Å²) in [4.78, 5) is 28.1. The third kappa shape index (κ3) is 5.22. The summed E-state index contributed by atoms with van der Waals surface area (Å²) in [5.41, 5.74) is 0.819. The van der Waals surface area contributed by atoms with Crippen LogP contribution in [0.15, 0.2) is 29.2 Å². The molecule has 1 unspecified atom stereocenters. The number of rotatable bonds is 7. The van der Waals surface area contributed by atoms with Gasteiger partial charge < -0.3 is 10.1 Å². The number of carbonyl (C=O) groups excluding carboxylic acids is 2. The van der Waals surface area contributed by atoms with Crippen molar-refractivity contribution in [1.29, 1.82) is 0 Å². The predicted molar refractivity (Wildman–Crippen MR) is 102 cm³/mol. The van der Waals surface area contributed by atoms with Gasteiger partial charge in [0.25, 0.3) is 0 Å². The Morgan fingerprint density at radius 2 is 2.12 bits per heavy atom. The summed E-state index contributed by atoms with van der Waals surface area (Å²) in [7, 11) is 0. The standard InChI is InChI=1S/C19H28N2O3S/c1-5-24-12-8-11-20-18(23)14(2)21-15-9-6-7-10-16(15)25-19(3,4)13-17(21)22/h6-7,9-10,14H,5,8,11-13H2,1-4H3,(H,20,23). The molecule has 1 aromatic carbocycles. The highest BCUT2D eigenvalue weighted by atomic mass is 32.2. The van der Waals surface area contributed by atoms with Gasteiger partial charge in [-0.2, -0.15) is 0 Å². The maximum Gasteiger partial charge on any atom is 0.242 e. The van der Waals surface area contributed by atoms with Crippen LogP contribution in [0, 0.1) is 0 Å². The van der Waals surface area contributed by atoms with Crippen LogP contribution in [0.25, 0.3) is 0 Å². The second-order valence-corrected chi connectivity index (χ2v) is 8.54. The van der Waals surface area contributed by atoms with Gasteiger partial charge in [-0.25, -0.2) is 0 Å². The van der Waals surface area contributed by atoms with Gasteiger partial charge in [-0.05, 0) is 46.2 Å². The third-order valence-electron chi connectivity index (χ3n) is 4.09. The number of ether oxygens (including phenoxy) is 1. The van der Waals surface area contributed by atoms with Crippen LogP contribution in [-0.4, -0.2) is 42.4 Å². The molecule has 0 aromatic heterocycles. The van der Waals surface area contributed by atoms with Gasteiger partial charge in [0.1, 0.15) is 6.04 Å². The van der Waals surface area contributed by atoms with Gasteiger partial charge in [0.15, 0.2) is 0 Å². The van der Waals surface area contributed by atoms with E-state index in [1.807, 2.05) is 31.2 Å². The molecule has 0 saturated carbocycles. The maximum absolute atomic E-state index is 12.9. The Morgan fingerprint density at radius 1 is 1.40 bits per heavy atom. The van der Waals surface area contributed by atoms with Crippen LogP contribution in [-0.2, 0) is 14.3 Å². The van der Waals surface area contributed by atoms with E-state index in [1.54, 1.807) is 23.6 Å². The summed E-state index contributed by atoms with van der Waals surface area (Å²) >= 11 is 1.69. The van der Waals surface area contributed by atoms with Crippen LogP contribution in [0.1, 0.15) is 40.5 Å². The van der Waals surface area contributed by atoms with Gasteiger partial charge in [-0.15, -0.1) is 11.8 Å². The molecule has 1 atom stereocenters. The minimum absolute atomic E-state index is 0.0144. The molecule has 1 aliphatic rings. The van der Waals surface area contributed by atoms with Crippen LogP contribution in [0.3, 0.4) is 0 Å². The summed E-state index contributed by atoms with van der Waals surface area (Å²) in [5.74, 6) is -0.149. The highest BCUT2D eigenvalue weighted by Crippen LogP contribution is 2.44. The molecule has 1 aliphatic heterocycles. The van der Waals surface area contributed by atoms with Crippen molar-refractivity contribution in [2.24, 2.45) is 0 Å². The smallest absolute Gasteiger partial charge is 0.242 e. The molecule has 1 heterocycles. The van der Waals surface area contributed by atoms with Crippen molar-refractivity contribution in [2.45, 2.75) is 56.2 Å². The first-order valence-electron chi connectivity index (χ1n) is 8.81. The van der Waals surface area contributed by atoms with E-state index in [9.17, 15) is 9.59 Å². The van der Waals surface area contributed by atoms with Gasteiger partial charge in [0.05, 0.1) is 5.69 Å². The number of hydrogen-bond acceptors (Lipinski definition) is 4. The zero-order valence-electron chi connectivity index (χ0n) is 15.5. The van der Waals surface area contributed by atoms with Gasteiger partial charge in [0, 0.05) is 35.8 Å². The van der Waals surface area contributed by atoms with Gasteiger partial charge >= 0.3 is 0 Å². The number of nitrogens with zero attached hydrogens (tertiary/aromatic N) is 1. The quantitative estimate of drug-likeness (QED) is 0.755. The Balaban J connectivity index is 2.13. The molecule has 25 heavy (non-hydrogen) atoms. The van der Waals surface area contributed by atoms with E-state index >= 15 is 0 Å². The monoisotopic (exact) mass is 364 g/mol. The Hall–Kier alpha value is -1.53. The number of benzene rings is 1. The van der Waals surface area contributed by atoms with Crippen LogP contribution in [0.5, 0.6) is 0 Å². The van der Waals surface area contributed by atoms with Crippen molar-refractivity contribution in [3.8, 4) is 0 Å². The molecule has 6 heteroatoms. The highest BCUT2D eigenvalue weighted by Gasteiger charge is 2.36. The molecule has 0 bridgehead atoms. The Kier molecular flexibility index (Phi) is 6.90. The highest BCUT2D eigenvalue weighted by molar-refractivity contribution is 8.00. The van der Waals surface area contributed by atoms with E-state index < -0.39 is 6.04 Å². The van der Waals surface area contributed by atoms with Crippen molar-refractivity contribution in [3.05, 3.63) is 24.3 Å². The second kappa shape index (κ2) is 8.72. The Morgan fingerprint density at radius 3 is 2.84 bits per heavy atom. The molecule has 0 saturated heterocycles. The maximum atomic E-state index is 12.9. The molecule has 2 amide bonds. The minimum atomic E-state index is -0.546. The molecule has 138 valence electrons. The molecule has 0 spiro atoms. The molecule has 2 rings (SSSR count). The van der Waals surface area contributed by atoms with E-state index in [1.165, 1.54) is 0 Å². The van der Waals surface area contributed by atoms with Crippen molar-refractivity contribution in [2.75, 3.05) is 24.7 Å². The van der Waals surface area contributed by atoms with E-state index in [0.29, 0.717) is 26.2 Å². The lowest BCUT2D eigenvalue weighted by Gasteiger charge is -2.28. The fourth-order valence-corrected chi connectivity index (χ4v) is 4.09. The van der Waals surface area contributed by atoms with E-state index in [2.05, 4.69) is 19.2 Å². The van der Waals surface area contributed by atoms with Gasteiger partial charge in [-0.1, -0.05) is 12.1 Å². The van der Waals surface area contributed by atoms with Crippen molar-refractivity contribution in [3.63, 3.8) is 0 Å². The summed E-state index contributed by atoms with van der Waals surface area (Å²) < 4.78 is 5.08. The van der Waals surface area contributed by atoms with E-state index in [0.717, 1.165) is 17.0 Å². The van der Waals surface area contributed by atoms with Crippen molar-refractivity contribution < 1.29 is 14.3 Å². The number of carbonyl (C=O) groups is 2. The lowest BCUT2D eigenvalue weighted by atomic mass is 10.1. The number of para-hydroxylation sites is 1. The number of fused-ring (bicyclic) bond motifs is 1. The summed E-state index contributed by atoms with van der Waals surface area (Å²) in [6, 6.07) is 7.26. The third-order valence-corrected chi connectivity index (χ3v) is 5.35. The lowest BCUT2D eigenvalue weighted by molar-refractivity contribution is -0.126. The molecule has 0 fully saturated rings. The lowest BCUT2D eigenvalue weighted by Crippen LogP contribution is -2.49. The number of amides is 2. The van der Waals surface area contributed by atoms with Crippen LogP contribution >= 0.6 is 11.8 Å². The SMILES string of the molecule is CCOCCCNC(=O)C(C)N1C(=O)CC(C)(C)Sc2ccccc21. The molecular formula is C19H28N2O3S. The van der Waals surface area contributed by atoms with E-state index in [4.69, 9.17) is 4.74 Å². The number of nitrogens with one attached hydrogen (secondary N) is 1. The number of hydrogen-bond donors (Lipinski definition) is 1. The molecule has 0 aliphatic carbocycles. The molecular weight excluding hydrogens is 336 g/mol. The largest absolute Gasteiger partial charge is 0.382 e. The summed E-state index contributed by atoms with van der Waals surface area (Å²) in [5, 5.41) is 2.91. The van der Waals surface area contributed by atoms with Crippen molar-refractivity contribution >= 4 is 29.3 Å². The summed E-state index contributed by atoms with van der Waals surface area (Å²) in [6.45, 7) is 9.71. The molecule has 1 N–H and O–H groups in total. The molecule has 0 radical (unpaired) electrons. The average Bonchev–Trinajstić information content (AvgIpc) is 2.65. The van der Waals surface area contributed by atoms with Crippen LogP contribution < -0.4 is 10.2 Å². The fraction of sp³-hybridized carbons (Fsp3) is 0.579. The Bertz CT molecular complexity index is 618. The first-order valence-corrected chi connectivity index (χ1v) is 9.63. The van der Waals surface area contributed by atoms with Gasteiger partial charge in [-0.3, -0.25) is 14.5 Å². The normalized spacial score (nSPS) is 17.6. The second-order valence-electron chi connectivity index (χ2n) is 6.79. The minimum Gasteiger partial charge on any atom is -0.382 e. The summed E-state index contributed by atoms with van der Waals surface area (Å²) in [6.07, 6.45) is 1.16. The zero-order chi connectivity index (χ0) is 18.4. The topological polar surface area (TPSA) is 58.6 Å². The number of thioether (sulfide) groups is 1. The van der Waals surface area contributed by atoms with E-state index in [-0.39, 0.29) is 16.6 Å². The first kappa shape index (κ1) is 19.8. The van der Waals surface area contributed by atoms with Gasteiger partial charge in [0.2, 0.25) is 11.8 Å². The Labute approximate surface area is 154 Å². The molecule has 1 aromatic rings. The molecule has 5 nitrogen and oxygen atoms in total. The predicted octanol–water partition coefficient (Wildman–Crippen LogP) is 3.23. The van der Waals surface area contributed by atoms with Crippen LogP contribution in [0.4, 0.5) is 5.69 Å². The fourth-order valence-electron chi connectivity index (χ4n) is 2.88.